The highest BCUT2D eigenvalue weighted by atomic mass is 35.5. The molecule has 1 aliphatic rings. The van der Waals surface area contributed by atoms with E-state index in [1.165, 1.54) is 25.9 Å². The molecule has 2 heterocycles. The van der Waals surface area contributed by atoms with Gasteiger partial charge < -0.3 is 9.80 Å². The van der Waals surface area contributed by atoms with Gasteiger partial charge in [0.1, 0.15) is 5.82 Å². The molecule has 2 rings (SSSR count). The Kier molecular flexibility index (Phi) is 5.61. The van der Waals surface area contributed by atoms with Gasteiger partial charge in [0, 0.05) is 26.1 Å². The zero-order chi connectivity index (χ0) is 14.5. The van der Waals surface area contributed by atoms with Crippen molar-refractivity contribution in [2.24, 2.45) is 0 Å². The summed E-state index contributed by atoms with van der Waals surface area (Å²) in [5.41, 5.74) is 2.00. The van der Waals surface area contributed by atoms with Gasteiger partial charge in [0.05, 0.1) is 23.5 Å². The van der Waals surface area contributed by atoms with E-state index in [1.807, 2.05) is 6.20 Å². The molecule has 5 heteroatoms. The molecule has 0 saturated carbocycles. The summed E-state index contributed by atoms with van der Waals surface area (Å²) in [4.78, 5) is 13.8. The highest BCUT2D eigenvalue weighted by Gasteiger charge is 2.15. The second-order valence-electron chi connectivity index (χ2n) is 5.82. The Morgan fingerprint density at radius 3 is 2.65 bits per heavy atom. The number of likely N-dealkylation sites (N-methyl/N-ethyl adjacent to an activating group) is 1. The van der Waals surface area contributed by atoms with Gasteiger partial charge in [-0.05, 0) is 25.9 Å². The molecule has 1 fully saturated rings. The van der Waals surface area contributed by atoms with Crippen molar-refractivity contribution in [3.63, 3.8) is 0 Å². The lowest BCUT2D eigenvalue weighted by atomic mass is 10.2. The molecule has 0 spiro atoms. The van der Waals surface area contributed by atoms with Gasteiger partial charge in [-0.15, -0.1) is 11.6 Å². The van der Waals surface area contributed by atoms with Crippen molar-refractivity contribution in [1.82, 2.24) is 14.9 Å². The molecular weight excluding hydrogens is 272 g/mol. The maximum Gasteiger partial charge on any atom is 0.131 e. The number of anilines is 1. The number of alkyl halides is 1. The summed E-state index contributed by atoms with van der Waals surface area (Å²) < 4.78 is 0. The first-order valence-electron chi connectivity index (χ1n) is 7.47. The predicted molar refractivity (Wildman–Crippen MR) is 84.6 cm³/mol. The minimum Gasteiger partial charge on any atom is -0.371 e. The van der Waals surface area contributed by atoms with E-state index in [-0.39, 0.29) is 0 Å². The smallest absolute Gasteiger partial charge is 0.131 e. The topological polar surface area (TPSA) is 32.3 Å². The van der Waals surface area contributed by atoms with E-state index < -0.39 is 0 Å². The van der Waals surface area contributed by atoms with Gasteiger partial charge in [-0.1, -0.05) is 13.8 Å². The first-order chi connectivity index (χ1) is 9.61. The van der Waals surface area contributed by atoms with Crippen LogP contribution in [-0.4, -0.2) is 48.1 Å². The fraction of sp³-hybridized carbons (Fsp3) is 0.733. The molecule has 4 nitrogen and oxygen atoms in total. The van der Waals surface area contributed by atoms with Crippen LogP contribution >= 0.6 is 11.6 Å². The second kappa shape index (κ2) is 7.23. The third-order valence-corrected chi connectivity index (χ3v) is 4.12. The average molecular weight is 297 g/mol. The molecule has 0 amide bonds. The Bertz CT molecular complexity index is 430. The standard InChI is InChI=1S/C15H25ClN4/c1-12(2)15-17-11-14(13(10-16)18-15)19(3)8-9-20-6-4-5-7-20/h11-12H,4-10H2,1-3H3. The maximum absolute atomic E-state index is 6.05. The van der Waals surface area contributed by atoms with Gasteiger partial charge in [0.25, 0.3) is 0 Å². The molecule has 0 atom stereocenters. The lowest BCUT2D eigenvalue weighted by Gasteiger charge is -2.24. The number of likely N-dealkylation sites (tertiary alicyclic amines) is 1. The summed E-state index contributed by atoms with van der Waals surface area (Å²) in [5, 5.41) is 0. The second-order valence-corrected chi connectivity index (χ2v) is 6.09. The molecule has 0 aliphatic carbocycles. The van der Waals surface area contributed by atoms with E-state index in [9.17, 15) is 0 Å². The van der Waals surface area contributed by atoms with Gasteiger partial charge in [-0.2, -0.15) is 0 Å². The first kappa shape index (κ1) is 15.5. The van der Waals surface area contributed by atoms with Crippen molar-refractivity contribution in [3.05, 3.63) is 17.7 Å². The molecule has 1 saturated heterocycles. The predicted octanol–water partition coefficient (Wildman–Crippen LogP) is 2.87. The van der Waals surface area contributed by atoms with Gasteiger partial charge in [-0.3, -0.25) is 0 Å². The lowest BCUT2D eigenvalue weighted by molar-refractivity contribution is 0.346. The molecule has 1 aromatic heterocycles. The van der Waals surface area contributed by atoms with Crippen molar-refractivity contribution in [2.75, 3.05) is 38.1 Å². The molecule has 0 radical (unpaired) electrons. The number of halogens is 1. The quantitative estimate of drug-likeness (QED) is 0.756. The van der Waals surface area contributed by atoms with Crippen molar-refractivity contribution >= 4 is 17.3 Å². The van der Waals surface area contributed by atoms with Crippen LogP contribution in [-0.2, 0) is 5.88 Å². The Balaban J connectivity index is 2.02. The largest absolute Gasteiger partial charge is 0.371 e. The summed E-state index contributed by atoms with van der Waals surface area (Å²) in [7, 11) is 2.10. The van der Waals surface area contributed by atoms with Gasteiger partial charge in [-0.25, -0.2) is 9.97 Å². The molecule has 1 aliphatic heterocycles. The van der Waals surface area contributed by atoms with E-state index in [2.05, 4.69) is 40.7 Å². The van der Waals surface area contributed by atoms with Crippen LogP contribution in [0.2, 0.25) is 0 Å². The molecule has 0 N–H and O–H groups in total. The fourth-order valence-electron chi connectivity index (χ4n) is 2.54. The van der Waals surface area contributed by atoms with Crippen molar-refractivity contribution in [3.8, 4) is 0 Å². The van der Waals surface area contributed by atoms with Crippen LogP contribution in [0.15, 0.2) is 6.20 Å². The highest BCUT2D eigenvalue weighted by Crippen LogP contribution is 2.21. The normalized spacial score (nSPS) is 16.1. The number of aromatic nitrogens is 2. The van der Waals surface area contributed by atoms with Crippen molar-refractivity contribution in [2.45, 2.75) is 38.5 Å². The monoisotopic (exact) mass is 296 g/mol. The fourth-order valence-corrected chi connectivity index (χ4v) is 2.74. The molecule has 0 bridgehead atoms. The lowest BCUT2D eigenvalue weighted by Crippen LogP contribution is -2.32. The van der Waals surface area contributed by atoms with Crippen LogP contribution in [0.3, 0.4) is 0 Å². The Hall–Kier alpha value is -0.870. The molecular formula is C15H25ClN4. The van der Waals surface area contributed by atoms with E-state index in [0.717, 1.165) is 30.3 Å². The summed E-state index contributed by atoms with van der Waals surface area (Å²) in [6, 6.07) is 0. The van der Waals surface area contributed by atoms with Gasteiger partial charge in [0.2, 0.25) is 0 Å². The zero-order valence-electron chi connectivity index (χ0n) is 12.8. The minimum atomic E-state index is 0.334. The van der Waals surface area contributed by atoms with Crippen LogP contribution in [0.5, 0.6) is 0 Å². The highest BCUT2D eigenvalue weighted by molar-refractivity contribution is 6.17. The number of hydrogen-bond donors (Lipinski definition) is 0. The summed E-state index contributed by atoms with van der Waals surface area (Å²) in [5.74, 6) is 1.64. The summed E-state index contributed by atoms with van der Waals surface area (Å²) in [6.07, 6.45) is 4.59. The zero-order valence-corrected chi connectivity index (χ0v) is 13.5. The summed E-state index contributed by atoms with van der Waals surface area (Å²) >= 11 is 6.05. The maximum atomic E-state index is 6.05. The van der Waals surface area contributed by atoms with Crippen LogP contribution in [0.4, 0.5) is 5.69 Å². The number of rotatable bonds is 6. The van der Waals surface area contributed by atoms with Crippen LogP contribution in [0.25, 0.3) is 0 Å². The Morgan fingerprint density at radius 2 is 2.05 bits per heavy atom. The Morgan fingerprint density at radius 1 is 1.35 bits per heavy atom. The molecule has 0 unspecified atom stereocenters. The first-order valence-corrected chi connectivity index (χ1v) is 8.00. The third kappa shape index (κ3) is 3.83. The van der Waals surface area contributed by atoms with Crippen LogP contribution in [0.1, 0.15) is 44.1 Å². The number of hydrogen-bond acceptors (Lipinski definition) is 4. The van der Waals surface area contributed by atoms with E-state index in [0.29, 0.717) is 11.8 Å². The van der Waals surface area contributed by atoms with Crippen molar-refractivity contribution in [1.29, 1.82) is 0 Å². The summed E-state index contributed by atoms with van der Waals surface area (Å²) in [6.45, 7) is 8.77. The van der Waals surface area contributed by atoms with Crippen LogP contribution in [0, 0.1) is 0 Å². The van der Waals surface area contributed by atoms with E-state index >= 15 is 0 Å². The minimum absolute atomic E-state index is 0.334. The molecule has 0 aromatic carbocycles. The third-order valence-electron chi connectivity index (χ3n) is 3.87. The van der Waals surface area contributed by atoms with Crippen molar-refractivity contribution < 1.29 is 0 Å². The van der Waals surface area contributed by atoms with Gasteiger partial charge >= 0.3 is 0 Å². The molecule has 112 valence electrons. The Labute approximate surface area is 127 Å². The molecule has 1 aromatic rings. The van der Waals surface area contributed by atoms with Crippen LogP contribution < -0.4 is 4.90 Å². The molecule has 20 heavy (non-hydrogen) atoms. The average Bonchev–Trinajstić information content (AvgIpc) is 2.97. The SMILES string of the molecule is CC(C)c1ncc(N(C)CCN2CCCC2)c(CCl)n1. The van der Waals surface area contributed by atoms with Gasteiger partial charge in [0.15, 0.2) is 0 Å². The number of nitrogens with zero attached hydrogens (tertiary/aromatic N) is 4. The van der Waals surface area contributed by atoms with E-state index in [4.69, 9.17) is 11.6 Å². The van der Waals surface area contributed by atoms with E-state index in [1.54, 1.807) is 0 Å².